The molecule has 2 aromatic carbocycles. The van der Waals surface area contributed by atoms with E-state index in [1.54, 1.807) is 42.7 Å². The van der Waals surface area contributed by atoms with Gasteiger partial charge in [-0.05, 0) is 54.8 Å². The number of hydrogen-bond acceptors (Lipinski definition) is 5. The van der Waals surface area contributed by atoms with Gasteiger partial charge in [0.15, 0.2) is 0 Å². The number of benzene rings is 2. The zero-order valence-corrected chi connectivity index (χ0v) is 19.0. The molecule has 7 nitrogen and oxygen atoms in total. The van der Waals surface area contributed by atoms with E-state index in [0.717, 1.165) is 27.9 Å². The molecule has 2 heterocycles. The summed E-state index contributed by atoms with van der Waals surface area (Å²) in [5.41, 5.74) is 5.45. The molecule has 8 heteroatoms. The highest BCUT2D eigenvalue weighted by atomic mass is 35.5. The first-order valence-corrected chi connectivity index (χ1v) is 10.8. The minimum atomic E-state index is -0.575. The van der Waals surface area contributed by atoms with Gasteiger partial charge in [0, 0.05) is 28.7 Å². The number of aromatic amines is 1. The van der Waals surface area contributed by atoms with Crippen LogP contribution in [0.5, 0.6) is 0 Å². The van der Waals surface area contributed by atoms with Crippen molar-refractivity contribution < 1.29 is 9.90 Å². The number of carbonyl (C=O) groups is 1. The van der Waals surface area contributed by atoms with Crippen LogP contribution in [-0.2, 0) is 0 Å². The lowest BCUT2D eigenvalue weighted by Gasteiger charge is -2.16. The summed E-state index contributed by atoms with van der Waals surface area (Å²) >= 11 is 6.04. The van der Waals surface area contributed by atoms with Gasteiger partial charge in [-0.3, -0.25) is 4.79 Å². The van der Waals surface area contributed by atoms with Crippen molar-refractivity contribution in [2.24, 2.45) is 0 Å². The van der Waals surface area contributed by atoms with Gasteiger partial charge in [-0.15, -0.1) is 0 Å². The Morgan fingerprint density at radius 3 is 2.70 bits per heavy atom. The SMILES string of the molecule is Cc1ccccc1Nc1ncc(C)c(-c2c[nH]c(C(=O)NC(CO)c3cccc(Cl)c3)c2)n1. The Labute approximate surface area is 196 Å². The Bertz CT molecular complexity index is 1290. The van der Waals surface area contributed by atoms with E-state index >= 15 is 0 Å². The molecule has 1 unspecified atom stereocenters. The van der Waals surface area contributed by atoms with Crippen molar-refractivity contribution in [3.8, 4) is 11.3 Å². The lowest BCUT2D eigenvalue weighted by molar-refractivity contribution is 0.0911. The van der Waals surface area contributed by atoms with Crippen LogP contribution in [0.25, 0.3) is 11.3 Å². The van der Waals surface area contributed by atoms with Crippen LogP contribution in [0.2, 0.25) is 5.02 Å². The van der Waals surface area contributed by atoms with Crippen molar-refractivity contribution in [2.75, 3.05) is 11.9 Å². The average Bonchev–Trinajstić information content (AvgIpc) is 3.30. The second kappa shape index (κ2) is 9.85. The largest absolute Gasteiger partial charge is 0.394 e. The van der Waals surface area contributed by atoms with E-state index in [1.165, 1.54) is 0 Å². The van der Waals surface area contributed by atoms with Crippen LogP contribution in [0.4, 0.5) is 11.6 Å². The third kappa shape index (κ3) is 5.22. The van der Waals surface area contributed by atoms with Crippen LogP contribution in [0.1, 0.15) is 33.2 Å². The highest BCUT2D eigenvalue weighted by Gasteiger charge is 2.18. The number of halogens is 1. The lowest BCUT2D eigenvalue weighted by Crippen LogP contribution is -2.31. The van der Waals surface area contributed by atoms with Crippen molar-refractivity contribution in [1.29, 1.82) is 0 Å². The van der Waals surface area contributed by atoms with Crippen molar-refractivity contribution >= 4 is 29.1 Å². The summed E-state index contributed by atoms with van der Waals surface area (Å²) in [5, 5.41) is 16.4. The number of aliphatic hydroxyl groups excluding tert-OH is 1. The first-order valence-electron chi connectivity index (χ1n) is 10.5. The predicted molar refractivity (Wildman–Crippen MR) is 130 cm³/mol. The van der Waals surface area contributed by atoms with Gasteiger partial charge in [0.2, 0.25) is 5.95 Å². The number of para-hydroxylation sites is 1. The van der Waals surface area contributed by atoms with Gasteiger partial charge < -0.3 is 20.7 Å². The monoisotopic (exact) mass is 461 g/mol. The molecule has 4 N–H and O–H groups in total. The molecule has 0 saturated carbocycles. The maximum Gasteiger partial charge on any atom is 0.268 e. The second-order valence-electron chi connectivity index (χ2n) is 7.73. The van der Waals surface area contributed by atoms with Crippen molar-refractivity contribution in [3.63, 3.8) is 0 Å². The van der Waals surface area contributed by atoms with Gasteiger partial charge in [0.1, 0.15) is 5.69 Å². The van der Waals surface area contributed by atoms with Gasteiger partial charge in [-0.2, -0.15) is 0 Å². The molecule has 0 radical (unpaired) electrons. The molecule has 0 saturated heterocycles. The summed E-state index contributed by atoms with van der Waals surface area (Å²) in [6.07, 6.45) is 3.48. The maximum absolute atomic E-state index is 12.8. The van der Waals surface area contributed by atoms with E-state index in [9.17, 15) is 9.90 Å². The van der Waals surface area contributed by atoms with Crippen molar-refractivity contribution in [3.05, 3.63) is 94.4 Å². The summed E-state index contributed by atoms with van der Waals surface area (Å²) in [4.78, 5) is 24.9. The molecule has 0 aliphatic rings. The van der Waals surface area contributed by atoms with E-state index in [2.05, 4.69) is 25.6 Å². The van der Waals surface area contributed by atoms with Gasteiger partial charge in [0.25, 0.3) is 5.91 Å². The molecule has 0 aliphatic carbocycles. The van der Waals surface area contributed by atoms with E-state index in [1.807, 2.05) is 38.1 Å². The van der Waals surface area contributed by atoms with Crippen LogP contribution in [0, 0.1) is 13.8 Å². The fourth-order valence-corrected chi connectivity index (χ4v) is 3.68. The number of carbonyl (C=O) groups excluding carboxylic acids is 1. The average molecular weight is 462 g/mol. The van der Waals surface area contributed by atoms with Crippen LogP contribution in [-0.4, -0.2) is 32.6 Å². The Hall–Kier alpha value is -3.68. The number of nitrogens with one attached hydrogen (secondary N) is 3. The predicted octanol–water partition coefficient (Wildman–Crippen LogP) is 4.95. The molecule has 0 fully saturated rings. The fraction of sp³-hybridized carbons (Fsp3) is 0.160. The van der Waals surface area contributed by atoms with Crippen molar-refractivity contribution in [2.45, 2.75) is 19.9 Å². The van der Waals surface area contributed by atoms with Crippen LogP contribution < -0.4 is 10.6 Å². The second-order valence-corrected chi connectivity index (χ2v) is 8.17. The topological polar surface area (TPSA) is 103 Å². The minimum absolute atomic E-state index is 0.251. The minimum Gasteiger partial charge on any atom is -0.394 e. The third-order valence-electron chi connectivity index (χ3n) is 5.30. The standard InChI is InChI=1S/C25H24ClN5O2/c1-15-6-3-4-9-20(15)30-25-28-12-16(2)23(31-25)18-11-21(27-13-18)24(33)29-22(14-32)17-7-5-8-19(26)10-17/h3-13,22,27,32H,14H2,1-2H3,(H,29,33)(H,28,30,31). The highest BCUT2D eigenvalue weighted by molar-refractivity contribution is 6.30. The van der Waals surface area contributed by atoms with Gasteiger partial charge >= 0.3 is 0 Å². The normalized spacial score (nSPS) is 11.8. The molecule has 0 spiro atoms. The van der Waals surface area contributed by atoms with Crippen molar-refractivity contribution in [1.82, 2.24) is 20.3 Å². The van der Waals surface area contributed by atoms with Gasteiger partial charge in [0.05, 0.1) is 18.3 Å². The number of nitrogens with zero attached hydrogens (tertiary/aromatic N) is 2. The Kier molecular flexibility index (Phi) is 6.72. The molecule has 33 heavy (non-hydrogen) atoms. The molecule has 2 aromatic heterocycles. The summed E-state index contributed by atoms with van der Waals surface area (Å²) in [6, 6.07) is 16.1. The zero-order chi connectivity index (χ0) is 23.4. The number of hydrogen-bond donors (Lipinski definition) is 4. The smallest absolute Gasteiger partial charge is 0.268 e. The summed E-state index contributed by atoms with van der Waals surface area (Å²) in [6.45, 7) is 3.68. The molecule has 4 rings (SSSR count). The van der Waals surface area contributed by atoms with E-state index in [4.69, 9.17) is 11.6 Å². The quantitative estimate of drug-likeness (QED) is 0.312. The number of rotatable bonds is 7. The molecule has 0 bridgehead atoms. The molecule has 1 atom stereocenters. The Morgan fingerprint density at radius 1 is 1.12 bits per heavy atom. The van der Waals surface area contributed by atoms with E-state index in [0.29, 0.717) is 22.4 Å². The molecule has 168 valence electrons. The van der Waals surface area contributed by atoms with Crippen LogP contribution in [0.15, 0.2) is 67.0 Å². The number of amides is 1. The molecule has 4 aromatic rings. The fourth-order valence-electron chi connectivity index (χ4n) is 3.48. The van der Waals surface area contributed by atoms with Crippen LogP contribution >= 0.6 is 11.6 Å². The zero-order valence-electron chi connectivity index (χ0n) is 18.3. The summed E-state index contributed by atoms with van der Waals surface area (Å²) in [7, 11) is 0. The van der Waals surface area contributed by atoms with Crippen LogP contribution in [0.3, 0.4) is 0 Å². The van der Waals surface area contributed by atoms with Gasteiger partial charge in [-0.1, -0.05) is 41.9 Å². The lowest BCUT2D eigenvalue weighted by atomic mass is 10.1. The Morgan fingerprint density at radius 2 is 1.94 bits per heavy atom. The third-order valence-corrected chi connectivity index (χ3v) is 5.54. The van der Waals surface area contributed by atoms with E-state index < -0.39 is 6.04 Å². The van der Waals surface area contributed by atoms with E-state index in [-0.39, 0.29) is 12.5 Å². The molecular formula is C25H24ClN5O2. The molecule has 0 aliphatic heterocycles. The Balaban J connectivity index is 1.54. The number of aromatic nitrogens is 3. The summed E-state index contributed by atoms with van der Waals surface area (Å²) in [5.74, 6) is 0.128. The number of aliphatic hydroxyl groups is 1. The molecular weight excluding hydrogens is 438 g/mol. The number of H-pyrrole nitrogens is 1. The van der Waals surface area contributed by atoms with Gasteiger partial charge in [-0.25, -0.2) is 9.97 Å². The number of aryl methyl sites for hydroxylation is 2. The number of anilines is 2. The maximum atomic E-state index is 12.8. The summed E-state index contributed by atoms with van der Waals surface area (Å²) < 4.78 is 0. The first kappa shape index (κ1) is 22.5. The molecule has 1 amide bonds. The highest BCUT2D eigenvalue weighted by Crippen LogP contribution is 2.25. The first-order chi connectivity index (χ1) is 15.9.